The number of rotatable bonds is 4. The van der Waals surface area contributed by atoms with Gasteiger partial charge in [0.05, 0.1) is 0 Å². The Balaban J connectivity index is 2.76. The van der Waals surface area contributed by atoms with Gasteiger partial charge in [0.2, 0.25) is 0 Å². The Morgan fingerprint density at radius 1 is 1.29 bits per heavy atom. The molecule has 78 valence electrons. The van der Waals surface area contributed by atoms with Gasteiger partial charge in [-0.25, -0.2) is 4.39 Å². The minimum atomic E-state index is -0.301. The first kappa shape index (κ1) is 11.6. The van der Waals surface area contributed by atoms with Crippen molar-refractivity contribution in [3.63, 3.8) is 0 Å². The average Bonchev–Trinajstić information content (AvgIpc) is 2.17. The summed E-state index contributed by atoms with van der Waals surface area (Å²) in [6, 6.07) is 4.39. The lowest BCUT2D eigenvalue weighted by Gasteiger charge is -2.11. The molecule has 0 heterocycles. The zero-order valence-electron chi connectivity index (χ0n) is 7.58. The van der Waals surface area contributed by atoms with E-state index in [1.165, 1.54) is 12.1 Å². The molecule has 0 aliphatic carbocycles. The molecule has 1 aromatic rings. The fraction of sp³-hybridized carbons (Fsp3) is 0.400. The van der Waals surface area contributed by atoms with Crippen molar-refractivity contribution < 1.29 is 14.6 Å². The normalized spacial score (nSPS) is 10.9. The van der Waals surface area contributed by atoms with Crippen molar-refractivity contribution >= 4 is 15.9 Å². The maximum atomic E-state index is 12.7. The Morgan fingerprint density at radius 2 is 1.93 bits per heavy atom. The first-order valence-corrected chi connectivity index (χ1v) is 5.12. The monoisotopic (exact) mass is 262 g/mol. The largest absolute Gasteiger partial charge is 0.396 e. The molecule has 1 rings (SSSR count). The van der Waals surface area contributed by atoms with Crippen LogP contribution in [0.1, 0.15) is 5.56 Å². The van der Waals surface area contributed by atoms with Crippen LogP contribution in [0.3, 0.4) is 0 Å². The predicted octanol–water partition coefficient (Wildman–Crippen LogP) is 1.73. The van der Waals surface area contributed by atoms with Gasteiger partial charge in [-0.1, -0.05) is 22.0 Å². The third-order valence-electron chi connectivity index (χ3n) is 2.04. The smallest absolute Gasteiger partial charge is 0.124 e. The van der Waals surface area contributed by atoms with E-state index in [2.05, 4.69) is 15.9 Å². The molecule has 0 bridgehead atoms. The van der Waals surface area contributed by atoms with Crippen LogP contribution in [0.5, 0.6) is 0 Å². The van der Waals surface area contributed by atoms with Gasteiger partial charge in [-0.3, -0.25) is 0 Å². The van der Waals surface area contributed by atoms with Gasteiger partial charge in [-0.15, -0.1) is 0 Å². The predicted molar refractivity (Wildman–Crippen MR) is 55.5 cm³/mol. The molecule has 4 heteroatoms. The Bertz CT molecular complexity index is 300. The molecule has 0 atom stereocenters. The summed E-state index contributed by atoms with van der Waals surface area (Å²) in [7, 11) is 0. The number of aliphatic hydroxyl groups is 2. The van der Waals surface area contributed by atoms with Crippen molar-refractivity contribution in [1.29, 1.82) is 0 Å². The Kier molecular flexibility index (Phi) is 4.51. The van der Waals surface area contributed by atoms with Gasteiger partial charge in [0, 0.05) is 23.6 Å². The lowest BCUT2D eigenvalue weighted by Crippen LogP contribution is -2.14. The summed E-state index contributed by atoms with van der Waals surface area (Å²) in [4.78, 5) is 0. The quantitative estimate of drug-likeness (QED) is 0.868. The summed E-state index contributed by atoms with van der Waals surface area (Å²) < 4.78 is 13.4. The third kappa shape index (κ3) is 3.04. The molecule has 2 N–H and O–H groups in total. The summed E-state index contributed by atoms with van der Waals surface area (Å²) in [5.41, 5.74) is 0.888. The second kappa shape index (κ2) is 5.44. The molecule has 0 aliphatic heterocycles. The highest BCUT2D eigenvalue weighted by molar-refractivity contribution is 9.10. The average molecular weight is 263 g/mol. The molecule has 1 aromatic carbocycles. The minimum Gasteiger partial charge on any atom is -0.396 e. The maximum Gasteiger partial charge on any atom is 0.124 e. The van der Waals surface area contributed by atoms with Crippen LogP contribution in [-0.2, 0) is 6.42 Å². The van der Waals surface area contributed by atoms with Gasteiger partial charge in [-0.2, -0.15) is 0 Å². The zero-order chi connectivity index (χ0) is 10.6. The van der Waals surface area contributed by atoms with Gasteiger partial charge in [0.15, 0.2) is 0 Å². The van der Waals surface area contributed by atoms with Crippen LogP contribution >= 0.6 is 15.9 Å². The van der Waals surface area contributed by atoms with E-state index in [1.54, 1.807) is 6.07 Å². The third-order valence-corrected chi connectivity index (χ3v) is 2.78. The van der Waals surface area contributed by atoms with E-state index in [1.807, 2.05) is 0 Å². The second-order valence-electron chi connectivity index (χ2n) is 3.17. The molecule has 0 fully saturated rings. The number of hydrogen-bond acceptors (Lipinski definition) is 2. The number of halogens is 2. The summed E-state index contributed by atoms with van der Waals surface area (Å²) in [5, 5.41) is 17.8. The fourth-order valence-electron chi connectivity index (χ4n) is 1.19. The molecule has 0 aliphatic rings. The molecule has 0 saturated carbocycles. The fourth-order valence-corrected chi connectivity index (χ4v) is 1.70. The van der Waals surface area contributed by atoms with Crippen LogP contribution < -0.4 is 0 Å². The molecule has 0 aromatic heterocycles. The Morgan fingerprint density at radius 3 is 2.43 bits per heavy atom. The van der Waals surface area contributed by atoms with E-state index in [-0.39, 0.29) is 24.9 Å². The van der Waals surface area contributed by atoms with Crippen molar-refractivity contribution in [3.8, 4) is 0 Å². The van der Waals surface area contributed by atoms with E-state index >= 15 is 0 Å². The summed E-state index contributed by atoms with van der Waals surface area (Å²) >= 11 is 3.23. The minimum absolute atomic E-state index is 0.0691. The van der Waals surface area contributed by atoms with Gasteiger partial charge in [0.1, 0.15) is 5.82 Å². The molecule has 0 unspecified atom stereocenters. The standard InChI is InChI=1S/C10H12BrFO2/c11-10-4-9(12)2-1-8(10)3-7(5-13)6-14/h1-2,4,7,13-14H,3,5-6H2. The van der Waals surface area contributed by atoms with E-state index in [0.717, 1.165) is 5.56 Å². The highest BCUT2D eigenvalue weighted by atomic mass is 79.9. The van der Waals surface area contributed by atoms with Crippen molar-refractivity contribution in [2.24, 2.45) is 5.92 Å². The van der Waals surface area contributed by atoms with Crippen molar-refractivity contribution in [3.05, 3.63) is 34.1 Å². The van der Waals surface area contributed by atoms with Gasteiger partial charge >= 0.3 is 0 Å². The SMILES string of the molecule is OCC(CO)Cc1ccc(F)cc1Br. The maximum absolute atomic E-state index is 12.7. The second-order valence-corrected chi connectivity index (χ2v) is 4.03. The molecule has 0 spiro atoms. The summed E-state index contributed by atoms with van der Waals surface area (Å²) in [5.74, 6) is -0.484. The van der Waals surface area contributed by atoms with E-state index < -0.39 is 0 Å². The van der Waals surface area contributed by atoms with Crippen molar-refractivity contribution in [2.45, 2.75) is 6.42 Å². The molecule has 0 saturated heterocycles. The molecule has 0 amide bonds. The van der Waals surface area contributed by atoms with Gasteiger partial charge in [-0.05, 0) is 24.1 Å². The van der Waals surface area contributed by atoms with E-state index in [4.69, 9.17) is 10.2 Å². The zero-order valence-corrected chi connectivity index (χ0v) is 9.17. The molecular weight excluding hydrogens is 251 g/mol. The van der Waals surface area contributed by atoms with Crippen LogP contribution in [0.25, 0.3) is 0 Å². The van der Waals surface area contributed by atoms with E-state index in [9.17, 15) is 4.39 Å². The lowest BCUT2D eigenvalue weighted by atomic mass is 10.0. The topological polar surface area (TPSA) is 40.5 Å². The molecule has 2 nitrogen and oxygen atoms in total. The van der Waals surface area contributed by atoms with Crippen LogP contribution in [0.4, 0.5) is 4.39 Å². The number of benzene rings is 1. The molecular formula is C10H12BrFO2. The molecule has 0 radical (unpaired) electrons. The Labute approximate surface area is 90.5 Å². The van der Waals surface area contributed by atoms with Gasteiger partial charge < -0.3 is 10.2 Å². The number of aliphatic hydroxyl groups excluding tert-OH is 2. The number of hydrogen-bond donors (Lipinski definition) is 2. The van der Waals surface area contributed by atoms with E-state index in [0.29, 0.717) is 10.9 Å². The highest BCUT2D eigenvalue weighted by Crippen LogP contribution is 2.20. The Hall–Kier alpha value is -0.450. The first-order valence-electron chi connectivity index (χ1n) is 4.33. The summed E-state index contributed by atoms with van der Waals surface area (Å²) in [6.45, 7) is -0.138. The van der Waals surface area contributed by atoms with Crippen LogP contribution in [0.15, 0.2) is 22.7 Å². The lowest BCUT2D eigenvalue weighted by molar-refractivity contribution is 0.150. The highest BCUT2D eigenvalue weighted by Gasteiger charge is 2.09. The van der Waals surface area contributed by atoms with Crippen LogP contribution in [0.2, 0.25) is 0 Å². The van der Waals surface area contributed by atoms with Gasteiger partial charge in [0.25, 0.3) is 0 Å². The first-order chi connectivity index (χ1) is 6.67. The van der Waals surface area contributed by atoms with Crippen molar-refractivity contribution in [2.75, 3.05) is 13.2 Å². The van der Waals surface area contributed by atoms with Crippen molar-refractivity contribution in [1.82, 2.24) is 0 Å². The van der Waals surface area contributed by atoms with Crippen LogP contribution in [-0.4, -0.2) is 23.4 Å². The summed E-state index contributed by atoms with van der Waals surface area (Å²) in [6.07, 6.45) is 0.536. The molecule has 14 heavy (non-hydrogen) atoms. The van der Waals surface area contributed by atoms with Crippen LogP contribution in [0, 0.1) is 11.7 Å².